The Morgan fingerprint density at radius 3 is 2.84 bits per heavy atom. The lowest BCUT2D eigenvalue weighted by Crippen LogP contribution is -2.11. The third-order valence-corrected chi connectivity index (χ3v) is 2.86. The molecule has 0 saturated heterocycles. The van der Waals surface area contributed by atoms with Gasteiger partial charge < -0.3 is 13.9 Å². The molecule has 0 bridgehead atoms. The Bertz CT molecular complexity index is 578. The number of carbonyl (C=O) groups excluding carboxylic acids is 1. The SMILES string of the molecule is COCc1c(C(=O)OC)nnn1Cc1ccc(Br)o1. The lowest BCUT2D eigenvalue weighted by Gasteiger charge is -2.05. The van der Waals surface area contributed by atoms with Gasteiger partial charge in [0.2, 0.25) is 0 Å². The molecular weight excluding hydrogens is 318 g/mol. The van der Waals surface area contributed by atoms with Crippen LogP contribution < -0.4 is 0 Å². The highest BCUT2D eigenvalue weighted by atomic mass is 79.9. The Labute approximate surface area is 117 Å². The maximum absolute atomic E-state index is 11.6. The van der Waals surface area contributed by atoms with Crippen molar-refractivity contribution in [3.05, 3.63) is 34.0 Å². The fourth-order valence-corrected chi connectivity index (χ4v) is 1.92. The van der Waals surface area contributed by atoms with Gasteiger partial charge in [-0.05, 0) is 28.1 Å². The molecule has 7 nitrogen and oxygen atoms in total. The monoisotopic (exact) mass is 329 g/mol. The first-order valence-electron chi connectivity index (χ1n) is 5.39. The number of rotatable bonds is 5. The molecule has 0 aliphatic heterocycles. The molecule has 0 spiro atoms. The first-order valence-corrected chi connectivity index (χ1v) is 6.18. The lowest BCUT2D eigenvalue weighted by molar-refractivity contribution is 0.0588. The highest BCUT2D eigenvalue weighted by Gasteiger charge is 2.20. The summed E-state index contributed by atoms with van der Waals surface area (Å²) in [5, 5.41) is 7.73. The van der Waals surface area contributed by atoms with Gasteiger partial charge in [-0.25, -0.2) is 9.48 Å². The zero-order chi connectivity index (χ0) is 13.8. The fourth-order valence-electron chi connectivity index (χ4n) is 1.58. The van der Waals surface area contributed by atoms with Crippen molar-refractivity contribution < 1.29 is 18.7 Å². The maximum atomic E-state index is 11.6. The van der Waals surface area contributed by atoms with Crippen molar-refractivity contribution in [3.63, 3.8) is 0 Å². The summed E-state index contributed by atoms with van der Waals surface area (Å²) in [7, 11) is 2.82. The van der Waals surface area contributed by atoms with E-state index in [1.165, 1.54) is 14.2 Å². The molecule has 2 aromatic heterocycles. The van der Waals surface area contributed by atoms with Crippen LogP contribution in [0.15, 0.2) is 21.2 Å². The minimum atomic E-state index is -0.543. The predicted molar refractivity (Wildman–Crippen MR) is 67.6 cm³/mol. The van der Waals surface area contributed by atoms with Crippen LogP contribution in [0.3, 0.4) is 0 Å². The molecule has 0 atom stereocenters. The summed E-state index contributed by atoms with van der Waals surface area (Å²) in [6.07, 6.45) is 0. The number of methoxy groups -OCH3 is 2. The standard InChI is InChI=1S/C11H12BrN3O4/c1-17-6-8-10(11(16)18-2)13-14-15(8)5-7-3-4-9(12)19-7/h3-4H,5-6H2,1-2H3. The molecule has 0 saturated carbocycles. The molecule has 0 unspecified atom stereocenters. The average molecular weight is 330 g/mol. The van der Waals surface area contributed by atoms with E-state index >= 15 is 0 Å². The largest absolute Gasteiger partial charge is 0.464 e. The highest BCUT2D eigenvalue weighted by Crippen LogP contribution is 2.16. The van der Waals surface area contributed by atoms with Gasteiger partial charge in [0.25, 0.3) is 0 Å². The average Bonchev–Trinajstić information content (AvgIpc) is 2.97. The summed E-state index contributed by atoms with van der Waals surface area (Å²) in [6.45, 7) is 0.563. The molecule has 2 rings (SSSR count). The van der Waals surface area contributed by atoms with E-state index in [1.807, 2.05) is 0 Å². The van der Waals surface area contributed by atoms with Gasteiger partial charge in [0.15, 0.2) is 10.4 Å². The Balaban J connectivity index is 2.29. The van der Waals surface area contributed by atoms with Gasteiger partial charge in [0.05, 0.1) is 19.4 Å². The Morgan fingerprint density at radius 2 is 2.26 bits per heavy atom. The van der Waals surface area contributed by atoms with E-state index < -0.39 is 5.97 Å². The summed E-state index contributed by atoms with van der Waals surface area (Å²) in [5.41, 5.74) is 0.692. The van der Waals surface area contributed by atoms with E-state index in [1.54, 1.807) is 16.8 Å². The maximum Gasteiger partial charge on any atom is 0.360 e. The number of furan rings is 1. The molecule has 0 radical (unpaired) electrons. The summed E-state index contributed by atoms with van der Waals surface area (Å²) >= 11 is 3.22. The van der Waals surface area contributed by atoms with Crippen molar-refractivity contribution in [2.24, 2.45) is 0 Å². The first kappa shape index (κ1) is 13.8. The molecule has 0 aliphatic rings. The Kier molecular flexibility index (Phi) is 4.33. The number of aromatic nitrogens is 3. The second-order valence-electron chi connectivity index (χ2n) is 3.67. The predicted octanol–water partition coefficient (Wildman–Crippen LogP) is 1.61. The van der Waals surface area contributed by atoms with Crippen molar-refractivity contribution in [1.82, 2.24) is 15.0 Å². The van der Waals surface area contributed by atoms with Gasteiger partial charge in [-0.1, -0.05) is 5.21 Å². The van der Waals surface area contributed by atoms with Gasteiger partial charge in [-0.3, -0.25) is 0 Å². The minimum Gasteiger partial charge on any atom is -0.464 e. The molecule has 102 valence electrons. The molecule has 0 N–H and O–H groups in total. The van der Waals surface area contributed by atoms with E-state index in [9.17, 15) is 4.79 Å². The number of nitrogens with zero attached hydrogens (tertiary/aromatic N) is 3. The molecular formula is C11H12BrN3O4. The van der Waals surface area contributed by atoms with E-state index in [-0.39, 0.29) is 12.3 Å². The van der Waals surface area contributed by atoms with Crippen LogP contribution in [0.2, 0.25) is 0 Å². The minimum absolute atomic E-state index is 0.148. The number of carbonyl (C=O) groups is 1. The smallest absolute Gasteiger partial charge is 0.360 e. The second-order valence-corrected chi connectivity index (χ2v) is 4.45. The van der Waals surface area contributed by atoms with Crippen LogP contribution in [-0.2, 0) is 22.6 Å². The zero-order valence-corrected chi connectivity index (χ0v) is 12.0. The van der Waals surface area contributed by atoms with Crippen LogP contribution in [0.4, 0.5) is 0 Å². The highest BCUT2D eigenvalue weighted by molar-refractivity contribution is 9.10. The molecule has 0 fully saturated rings. The van der Waals surface area contributed by atoms with Crippen LogP contribution in [0, 0.1) is 0 Å². The lowest BCUT2D eigenvalue weighted by atomic mass is 10.3. The summed E-state index contributed by atoms with van der Waals surface area (Å²) < 4.78 is 17.3. The van der Waals surface area contributed by atoms with Crippen molar-refractivity contribution in [3.8, 4) is 0 Å². The number of hydrogen-bond acceptors (Lipinski definition) is 6. The first-order chi connectivity index (χ1) is 9.15. The van der Waals surface area contributed by atoms with Crippen LogP contribution in [0.1, 0.15) is 21.9 Å². The van der Waals surface area contributed by atoms with E-state index in [0.29, 0.717) is 22.7 Å². The van der Waals surface area contributed by atoms with E-state index in [2.05, 4.69) is 31.0 Å². The third kappa shape index (κ3) is 3.02. The molecule has 0 aromatic carbocycles. The van der Waals surface area contributed by atoms with Gasteiger partial charge in [0.1, 0.15) is 12.3 Å². The van der Waals surface area contributed by atoms with Crippen LogP contribution in [-0.4, -0.2) is 35.2 Å². The molecule has 0 amide bonds. The number of ether oxygens (including phenoxy) is 2. The third-order valence-electron chi connectivity index (χ3n) is 2.43. The van der Waals surface area contributed by atoms with Crippen LogP contribution in [0.5, 0.6) is 0 Å². The van der Waals surface area contributed by atoms with Crippen LogP contribution >= 0.6 is 15.9 Å². The number of esters is 1. The van der Waals surface area contributed by atoms with Crippen molar-refractivity contribution in [1.29, 1.82) is 0 Å². The van der Waals surface area contributed by atoms with Gasteiger partial charge in [-0.2, -0.15) is 0 Å². The molecule has 2 aromatic rings. The number of halogens is 1. The van der Waals surface area contributed by atoms with Crippen molar-refractivity contribution in [2.45, 2.75) is 13.2 Å². The topological polar surface area (TPSA) is 79.4 Å². The summed E-state index contributed by atoms with van der Waals surface area (Å²) in [4.78, 5) is 11.6. The summed E-state index contributed by atoms with van der Waals surface area (Å²) in [5.74, 6) is 0.143. The molecule has 0 aliphatic carbocycles. The van der Waals surface area contributed by atoms with E-state index in [4.69, 9.17) is 9.15 Å². The van der Waals surface area contributed by atoms with Crippen molar-refractivity contribution in [2.75, 3.05) is 14.2 Å². The quantitative estimate of drug-likeness (QED) is 0.775. The van der Waals surface area contributed by atoms with Gasteiger partial charge in [-0.15, -0.1) is 5.10 Å². The van der Waals surface area contributed by atoms with Crippen LogP contribution in [0.25, 0.3) is 0 Å². The number of hydrogen-bond donors (Lipinski definition) is 0. The normalized spacial score (nSPS) is 10.7. The Hall–Kier alpha value is -1.67. The fraction of sp³-hybridized carbons (Fsp3) is 0.364. The van der Waals surface area contributed by atoms with Gasteiger partial charge in [0, 0.05) is 7.11 Å². The molecule has 8 heteroatoms. The zero-order valence-electron chi connectivity index (χ0n) is 10.4. The van der Waals surface area contributed by atoms with Gasteiger partial charge >= 0.3 is 5.97 Å². The van der Waals surface area contributed by atoms with Crippen molar-refractivity contribution >= 4 is 21.9 Å². The molecule has 2 heterocycles. The van der Waals surface area contributed by atoms with E-state index in [0.717, 1.165) is 0 Å². The summed E-state index contributed by atoms with van der Waals surface area (Å²) in [6, 6.07) is 3.59. The Morgan fingerprint density at radius 1 is 1.47 bits per heavy atom. The molecule has 19 heavy (non-hydrogen) atoms. The second kappa shape index (κ2) is 5.98.